The van der Waals surface area contributed by atoms with Crippen molar-refractivity contribution in [2.45, 2.75) is 10.8 Å². The van der Waals surface area contributed by atoms with Gasteiger partial charge in [0, 0.05) is 27.9 Å². The zero-order valence-electron chi connectivity index (χ0n) is 10.7. The monoisotopic (exact) mass is 307 g/mol. The van der Waals surface area contributed by atoms with Gasteiger partial charge in [-0.3, -0.25) is 4.21 Å². The lowest BCUT2D eigenvalue weighted by Gasteiger charge is -2.10. The van der Waals surface area contributed by atoms with E-state index in [4.69, 9.17) is 22.1 Å². The number of nitrogens with two attached hydrogens (primary N) is 1. The quantitative estimate of drug-likeness (QED) is 0.886. The van der Waals surface area contributed by atoms with Crippen LogP contribution in [0.4, 0.5) is 5.69 Å². The van der Waals surface area contributed by atoms with E-state index in [1.165, 1.54) is 0 Å². The molecule has 0 fully saturated rings. The van der Waals surface area contributed by atoms with Gasteiger partial charge in [0.1, 0.15) is 5.75 Å². The highest BCUT2D eigenvalue weighted by molar-refractivity contribution is 7.85. The third-order valence-electron chi connectivity index (χ3n) is 3.37. The van der Waals surface area contributed by atoms with Gasteiger partial charge in [0.2, 0.25) is 0 Å². The molecule has 1 aliphatic heterocycles. The molecule has 1 heterocycles. The van der Waals surface area contributed by atoms with Crippen molar-refractivity contribution in [3.63, 3.8) is 0 Å². The number of hydrogen-bond acceptors (Lipinski definition) is 3. The molecule has 0 aliphatic carbocycles. The van der Waals surface area contributed by atoms with Crippen molar-refractivity contribution in [2.75, 3.05) is 18.1 Å². The Bertz CT molecular complexity index is 675. The Morgan fingerprint density at radius 1 is 1.30 bits per heavy atom. The standard InChI is InChI=1S/C15H14ClNO2S/c16-11-5-6-13(17)15(7-11)20(18)9-10-8-19-14-4-2-1-3-12(10)14/h1-7,10H,8-9,17H2. The van der Waals surface area contributed by atoms with Crippen LogP contribution in [0.2, 0.25) is 5.02 Å². The van der Waals surface area contributed by atoms with Gasteiger partial charge < -0.3 is 10.5 Å². The number of benzene rings is 2. The Morgan fingerprint density at radius 2 is 2.10 bits per heavy atom. The second-order valence-corrected chi connectivity index (χ2v) is 6.64. The number of halogens is 1. The van der Waals surface area contributed by atoms with Crippen molar-refractivity contribution in [3.8, 4) is 5.75 Å². The first-order chi connectivity index (χ1) is 9.65. The van der Waals surface area contributed by atoms with Gasteiger partial charge >= 0.3 is 0 Å². The zero-order valence-corrected chi connectivity index (χ0v) is 12.3. The lowest BCUT2D eigenvalue weighted by molar-refractivity contribution is 0.338. The molecule has 0 saturated heterocycles. The Kier molecular flexibility index (Phi) is 3.68. The Morgan fingerprint density at radius 3 is 2.95 bits per heavy atom. The van der Waals surface area contributed by atoms with Crippen LogP contribution in [-0.2, 0) is 10.8 Å². The summed E-state index contributed by atoms with van der Waals surface area (Å²) in [5.41, 5.74) is 7.50. The molecule has 0 radical (unpaired) electrons. The van der Waals surface area contributed by atoms with Crippen molar-refractivity contribution in [3.05, 3.63) is 53.1 Å². The summed E-state index contributed by atoms with van der Waals surface area (Å²) in [5, 5.41) is 0.547. The van der Waals surface area contributed by atoms with Crippen molar-refractivity contribution in [2.24, 2.45) is 0 Å². The molecule has 104 valence electrons. The molecule has 0 aromatic heterocycles. The fourth-order valence-corrected chi connectivity index (χ4v) is 3.99. The smallest absolute Gasteiger partial charge is 0.122 e. The molecule has 3 rings (SSSR count). The number of anilines is 1. The predicted molar refractivity (Wildman–Crippen MR) is 81.8 cm³/mol. The van der Waals surface area contributed by atoms with Gasteiger partial charge in [-0.15, -0.1) is 0 Å². The van der Waals surface area contributed by atoms with E-state index < -0.39 is 10.8 Å². The van der Waals surface area contributed by atoms with Crippen LogP contribution in [0.1, 0.15) is 11.5 Å². The minimum atomic E-state index is -1.19. The molecular formula is C15H14ClNO2S. The molecule has 2 N–H and O–H groups in total. The van der Waals surface area contributed by atoms with E-state index in [-0.39, 0.29) is 5.92 Å². The second-order valence-electron chi connectivity index (χ2n) is 4.74. The molecule has 20 heavy (non-hydrogen) atoms. The molecule has 2 aromatic rings. The first-order valence-corrected chi connectivity index (χ1v) is 8.00. The van der Waals surface area contributed by atoms with Gasteiger partial charge in [0.25, 0.3) is 0 Å². The van der Waals surface area contributed by atoms with E-state index in [1.54, 1.807) is 18.2 Å². The van der Waals surface area contributed by atoms with Gasteiger partial charge in [-0.2, -0.15) is 0 Å². The molecule has 2 aromatic carbocycles. The van der Waals surface area contributed by atoms with Gasteiger partial charge in [0.15, 0.2) is 0 Å². The highest BCUT2D eigenvalue weighted by atomic mass is 35.5. The summed E-state index contributed by atoms with van der Waals surface area (Å²) in [6.07, 6.45) is 0. The lowest BCUT2D eigenvalue weighted by Crippen LogP contribution is -2.12. The van der Waals surface area contributed by atoms with E-state index in [0.29, 0.717) is 28.0 Å². The summed E-state index contributed by atoms with van der Waals surface area (Å²) >= 11 is 5.94. The van der Waals surface area contributed by atoms with Crippen molar-refractivity contribution in [1.82, 2.24) is 0 Å². The number of fused-ring (bicyclic) bond motifs is 1. The van der Waals surface area contributed by atoms with Gasteiger partial charge in [0.05, 0.1) is 22.3 Å². The van der Waals surface area contributed by atoms with E-state index in [9.17, 15) is 4.21 Å². The first kappa shape index (κ1) is 13.5. The Labute approximate surface area is 125 Å². The molecule has 0 amide bonds. The van der Waals surface area contributed by atoms with Crippen LogP contribution in [0.5, 0.6) is 5.75 Å². The van der Waals surface area contributed by atoms with Crippen LogP contribution in [0.25, 0.3) is 0 Å². The molecule has 3 nitrogen and oxygen atoms in total. The molecule has 0 saturated carbocycles. The van der Waals surface area contributed by atoms with E-state index in [0.717, 1.165) is 11.3 Å². The Hall–Kier alpha value is -1.52. The van der Waals surface area contributed by atoms with Gasteiger partial charge in [-0.25, -0.2) is 0 Å². The highest BCUT2D eigenvalue weighted by Crippen LogP contribution is 2.35. The maximum absolute atomic E-state index is 12.5. The molecule has 2 unspecified atom stereocenters. The summed E-state index contributed by atoms with van der Waals surface area (Å²) in [4.78, 5) is 0.599. The molecule has 0 spiro atoms. The average Bonchev–Trinajstić information content (AvgIpc) is 2.85. The number of hydrogen-bond donors (Lipinski definition) is 1. The van der Waals surface area contributed by atoms with E-state index in [1.807, 2.05) is 24.3 Å². The largest absolute Gasteiger partial charge is 0.493 e. The molecule has 1 aliphatic rings. The van der Waals surface area contributed by atoms with E-state index >= 15 is 0 Å². The molecule has 5 heteroatoms. The minimum absolute atomic E-state index is 0.130. The number of para-hydroxylation sites is 1. The van der Waals surface area contributed by atoms with Crippen LogP contribution < -0.4 is 10.5 Å². The minimum Gasteiger partial charge on any atom is -0.493 e. The fourth-order valence-electron chi connectivity index (χ4n) is 2.35. The summed E-state index contributed by atoms with van der Waals surface area (Å²) in [6, 6.07) is 12.9. The maximum atomic E-state index is 12.5. The zero-order chi connectivity index (χ0) is 14.1. The van der Waals surface area contributed by atoms with Crippen LogP contribution >= 0.6 is 11.6 Å². The summed E-state index contributed by atoms with van der Waals surface area (Å²) < 4.78 is 18.1. The van der Waals surface area contributed by atoms with Crippen LogP contribution in [0, 0.1) is 0 Å². The van der Waals surface area contributed by atoms with E-state index in [2.05, 4.69) is 0 Å². The third-order valence-corrected chi connectivity index (χ3v) is 5.16. The topological polar surface area (TPSA) is 52.3 Å². The molecule has 2 atom stereocenters. The van der Waals surface area contributed by atoms with Gasteiger partial charge in [-0.1, -0.05) is 29.8 Å². The van der Waals surface area contributed by atoms with Crippen molar-refractivity contribution in [1.29, 1.82) is 0 Å². The van der Waals surface area contributed by atoms with Crippen molar-refractivity contribution >= 4 is 28.1 Å². The molecular weight excluding hydrogens is 294 g/mol. The average molecular weight is 308 g/mol. The predicted octanol–water partition coefficient (Wildman–Crippen LogP) is 3.21. The van der Waals surface area contributed by atoms with Gasteiger partial charge in [-0.05, 0) is 24.3 Å². The number of ether oxygens (including phenoxy) is 1. The normalized spacial score (nSPS) is 18.4. The molecule has 0 bridgehead atoms. The fraction of sp³-hybridized carbons (Fsp3) is 0.200. The second kappa shape index (κ2) is 5.46. The summed E-state index contributed by atoms with van der Waals surface area (Å²) in [7, 11) is -1.19. The Balaban J connectivity index is 1.82. The summed E-state index contributed by atoms with van der Waals surface area (Å²) in [6.45, 7) is 0.561. The van der Waals surface area contributed by atoms with Crippen LogP contribution in [0.3, 0.4) is 0 Å². The number of rotatable bonds is 3. The first-order valence-electron chi connectivity index (χ1n) is 6.30. The highest BCUT2D eigenvalue weighted by Gasteiger charge is 2.26. The van der Waals surface area contributed by atoms with Crippen molar-refractivity contribution < 1.29 is 8.95 Å². The number of nitrogen functional groups attached to an aromatic ring is 1. The SMILES string of the molecule is Nc1ccc(Cl)cc1S(=O)CC1COc2ccccc21. The lowest BCUT2D eigenvalue weighted by atomic mass is 10.0. The van der Waals surface area contributed by atoms with Crippen LogP contribution in [0.15, 0.2) is 47.4 Å². The third kappa shape index (κ3) is 2.53. The maximum Gasteiger partial charge on any atom is 0.122 e. The van der Waals surface area contributed by atoms with Crippen LogP contribution in [-0.4, -0.2) is 16.6 Å². The summed E-state index contributed by atoms with van der Waals surface area (Å²) in [5.74, 6) is 1.50.